The first-order valence-electron chi connectivity index (χ1n) is 7.87. The van der Waals surface area contributed by atoms with Crippen molar-refractivity contribution >= 4 is 15.9 Å². The Kier molecular flexibility index (Phi) is 4.03. The summed E-state index contributed by atoms with van der Waals surface area (Å²) < 4.78 is 28.0. The van der Waals surface area contributed by atoms with Gasteiger partial charge in [-0.25, -0.2) is 8.42 Å². The van der Waals surface area contributed by atoms with E-state index in [9.17, 15) is 13.2 Å². The SMILES string of the molecule is CCc1c(C(=O)N2CCN(S(=O)(=O)C3CC3)CC2)ccn1C. The third-order valence-electron chi connectivity index (χ3n) is 4.60. The van der Waals surface area contributed by atoms with Crippen LogP contribution in [0.1, 0.15) is 35.8 Å². The average Bonchev–Trinajstić information content (AvgIpc) is 3.31. The quantitative estimate of drug-likeness (QED) is 0.824. The molecular formula is C15H23N3O3S. The summed E-state index contributed by atoms with van der Waals surface area (Å²) in [5.41, 5.74) is 1.77. The molecule has 2 heterocycles. The van der Waals surface area contributed by atoms with E-state index >= 15 is 0 Å². The largest absolute Gasteiger partial charge is 0.354 e. The lowest BCUT2D eigenvalue weighted by atomic mass is 10.1. The number of hydrogen-bond acceptors (Lipinski definition) is 3. The average molecular weight is 325 g/mol. The summed E-state index contributed by atoms with van der Waals surface area (Å²) in [6, 6.07) is 1.86. The van der Waals surface area contributed by atoms with Crippen molar-refractivity contribution in [1.82, 2.24) is 13.8 Å². The van der Waals surface area contributed by atoms with Crippen LogP contribution in [-0.4, -0.2) is 59.5 Å². The van der Waals surface area contributed by atoms with Crippen molar-refractivity contribution in [3.63, 3.8) is 0 Å². The molecule has 0 atom stereocenters. The van der Waals surface area contributed by atoms with Crippen molar-refractivity contribution in [3.05, 3.63) is 23.5 Å². The van der Waals surface area contributed by atoms with Gasteiger partial charge in [-0.1, -0.05) is 6.92 Å². The summed E-state index contributed by atoms with van der Waals surface area (Å²) in [7, 11) is -1.18. The van der Waals surface area contributed by atoms with Crippen LogP contribution in [0.4, 0.5) is 0 Å². The van der Waals surface area contributed by atoms with E-state index in [0.717, 1.165) is 30.5 Å². The molecule has 0 radical (unpaired) electrons. The van der Waals surface area contributed by atoms with Gasteiger partial charge in [0.1, 0.15) is 0 Å². The number of aromatic nitrogens is 1. The van der Waals surface area contributed by atoms with Gasteiger partial charge in [0, 0.05) is 45.1 Å². The van der Waals surface area contributed by atoms with Gasteiger partial charge in [0.25, 0.3) is 5.91 Å². The monoisotopic (exact) mass is 325 g/mol. The topological polar surface area (TPSA) is 62.6 Å². The van der Waals surface area contributed by atoms with Crippen LogP contribution in [0.3, 0.4) is 0 Å². The van der Waals surface area contributed by atoms with Crippen molar-refractivity contribution < 1.29 is 13.2 Å². The number of rotatable bonds is 4. The third kappa shape index (κ3) is 2.67. The molecule has 6 nitrogen and oxygen atoms in total. The highest BCUT2D eigenvalue weighted by Gasteiger charge is 2.41. The summed E-state index contributed by atoms with van der Waals surface area (Å²) >= 11 is 0. The molecule has 22 heavy (non-hydrogen) atoms. The van der Waals surface area contributed by atoms with Crippen LogP contribution < -0.4 is 0 Å². The normalized spacial score (nSPS) is 20.4. The Hall–Kier alpha value is -1.34. The Balaban J connectivity index is 1.67. The molecule has 3 rings (SSSR count). The van der Waals surface area contributed by atoms with Crippen LogP contribution in [-0.2, 0) is 23.5 Å². The zero-order valence-corrected chi connectivity index (χ0v) is 14.0. The van der Waals surface area contributed by atoms with Crippen molar-refractivity contribution in [2.24, 2.45) is 7.05 Å². The molecule has 122 valence electrons. The maximum absolute atomic E-state index is 12.6. The van der Waals surface area contributed by atoms with Gasteiger partial charge in [-0.3, -0.25) is 4.79 Å². The first-order valence-corrected chi connectivity index (χ1v) is 9.38. The first-order chi connectivity index (χ1) is 10.4. The molecule has 2 fully saturated rings. The number of amides is 1. The highest BCUT2D eigenvalue weighted by Crippen LogP contribution is 2.31. The van der Waals surface area contributed by atoms with Crippen LogP contribution in [0.25, 0.3) is 0 Å². The Morgan fingerprint density at radius 1 is 1.23 bits per heavy atom. The minimum atomic E-state index is -3.12. The van der Waals surface area contributed by atoms with Crippen LogP contribution in [0, 0.1) is 0 Å². The van der Waals surface area contributed by atoms with Gasteiger partial charge < -0.3 is 9.47 Å². The Morgan fingerprint density at radius 2 is 1.86 bits per heavy atom. The van der Waals surface area contributed by atoms with E-state index in [1.807, 2.05) is 30.8 Å². The molecule has 0 unspecified atom stereocenters. The van der Waals surface area contributed by atoms with E-state index in [-0.39, 0.29) is 11.2 Å². The number of carbonyl (C=O) groups is 1. The maximum Gasteiger partial charge on any atom is 0.255 e. The summed E-state index contributed by atoms with van der Waals surface area (Å²) in [6.45, 7) is 3.82. The van der Waals surface area contributed by atoms with Crippen LogP contribution in [0.5, 0.6) is 0 Å². The Bertz CT molecular complexity index is 668. The van der Waals surface area contributed by atoms with E-state index in [1.54, 1.807) is 9.21 Å². The summed E-state index contributed by atoms with van der Waals surface area (Å²) in [5, 5.41) is -0.171. The van der Waals surface area contributed by atoms with Gasteiger partial charge in [0.2, 0.25) is 10.0 Å². The predicted octanol–water partition coefficient (Wildman–Crippen LogP) is 0.837. The van der Waals surface area contributed by atoms with Gasteiger partial charge >= 0.3 is 0 Å². The molecule has 2 aliphatic rings. The first kappa shape index (κ1) is 15.6. The van der Waals surface area contributed by atoms with Crippen molar-refractivity contribution in [1.29, 1.82) is 0 Å². The summed E-state index contributed by atoms with van der Waals surface area (Å²) in [6.07, 6.45) is 4.27. The fraction of sp³-hybridized carbons (Fsp3) is 0.667. The van der Waals surface area contributed by atoms with Gasteiger partial charge in [-0.05, 0) is 25.3 Å². The van der Waals surface area contributed by atoms with E-state index in [2.05, 4.69) is 0 Å². The van der Waals surface area contributed by atoms with E-state index < -0.39 is 10.0 Å². The van der Waals surface area contributed by atoms with Crippen molar-refractivity contribution in [3.8, 4) is 0 Å². The lowest BCUT2D eigenvalue weighted by Gasteiger charge is -2.34. The molecule has 0 N–H and O–H groups in total. The summed E-state index contributed by atoms with van der Waals surface area (Å²) in [5.74, 6) is 0.0147. The van der Waals surface area contributed by atoms with Gasteiger partial charge in [0.05, 0.1) is 10.8 Å². The molecule has 7 heteroatoms. The zero-order chi connectivity index (χ0) is 15.9. The second-order valence-electron chi connectivity index (χ2n) is 6.08. The van der Waals surface area contributed by atoms with E-state index in [4.69, 9.17) is 0 Å². The van der Waals surface area contributed by atoms with Crippen LogP contribution in [0.2, 0.25) is 0 Å². The number of piperazine rings is 1. The van der Waals surface area contributed by atoms with E-state index in [1.165, 1.54) is 0 Å². The number of nitrogens with zero attached hydrogens (tertiary/aromatic N) is 3. The van der Waals surface area contributed by atoms with Crippen LogP contribution >= 0.6 is 0 Å². The molecule has 1 aliphatic carbocycles. The lowest BCUT2D eigenvalue weighted by Crippen LogP contribution is -2.51. The summed E-state index contributed by atoms with van der Waals surface area (Å²) in [4.78, 5) is 14.4. The van der Waals surface area contributed by atoms with E-state index in [0.29, 0.717) is 26.2 Å². The fourth-order valence-corrected chi connectivity index (χ4v) is 4.92. The Labute approximate surface area is 131 Å². The molecule has 1 aliphatic heterocycles. The number of carbonyl (C=O) groups excluding carboxylic acids is 1. The van der Waals surface area contributed by atoms with Crippen LogP contribution in [0.15, 0.2) is 12.3 Å². The van der Waals surface area contributed by atoms with Crippen molar-refractivity contribution in [2.45, 2.75) is 31.4 Å². The molecule has 1 aromatic heterocycles. The minimum Gasteiger partial charge on any atom is -0.354 e. The number of aryl methyl sites for hydroxylation is 1. The fourth-order valence-electron chi connectivity index (χ4n) is 3.09. The van der Waals surface area contributed by atoms with Gasteiger partial charge in [-0.15, -0.1) is 0 Å². The third-order valence-corrected chi connectivity index (χ3v) is 7.00. The standard InChI is InChI=1S/C15H23N3O3S/c1-3-14-13(6-7-16(14)2)15(19)17-8-10-18(11-9-17)22(20,21)12-4-5-12/h6-7,12H,3-5,8-11H2,1-2H3. The van der Waals surface area contributed by atoms with Crippen molar-refractivity contribution in [2.75, 3.05) is 26.2 Å². The highest BCUT2D eigenvalue weighted by molar-refractivity contribution is 7.90. The second kappa shape index (κ2) is 5.70. The molecule has 1 saturated carbocycles. The molecule has 0 spiro atoms. The molecule has 1 saturated heterocycles. The maximum atomic E-state index is 12.6. The zero-order valence-electron chi connectivity index (χ0n) is 13.2. The molecule has 0 bridgehead atoms. The number of hydrogen-bond donors (Lipinski definition) is 0. The molecule has 0 aromatic carbocycles. The molecule has 1 amide bonds. The van der Waals surface area contributed by atoms with Gasteiger partial charge in [0.15, 0.2) is 0 Å². The highest BCUT2D eigenvalue weighted by atomic mass is 32.2. The lowest BCUT2D eigenvalue weighted by molar-refractivity contribution is 0.0696. The molecule has 1 aromatic rings. The minimum absolute atomic E-state index is 0.0147. The molecular weight excluding hydrogens is 302 g/mol. The predicted molar refractivity (Wildman–Crippen MR) is 84.2 cm³/mol. The number of sulfonamides is 1. The smallest absolute Gasteiger partial charge is 0.255 e. The second-order valence-corrected chi connectivity index (χ2v) is 8.29. The Morgan fingerprint density at radius 3 is 2.41 bits per heavy atom. The van der Waals surface area contributed by atoms with Gasteiger partial charge in [-0.2, -0.15) is 4.31 Å².